The first-order valence-corrected chi connectivity index (χ1v) is 9.31. The van der Waals surface area contributed by atoms with Crippen molar-refractivity contribution >= 4 is 5.90 Å². The summed E-state index contributed by atoms with van der Waals surface area (Å²) in [5.74, 6) is 1.03. The second kappa shape index (κ2) is 8.82. The Bertz CT molecular complexity index is 658. The van der Waals surface area contributed by atoms with Crippen LogP contribution in [0.4, 0.5) is 0 Å². The van der Waals surface area contributed by atoms with Crippen molar-refractivity contribution in [3.63, 3.8) is 0 Å². The predicted molar refractivity (Wildman–Crippen MR) is 103 cm³/mol. The molecule has 132 valence electrons. The van der Waals surface area contributed by atoms with Gasteiger partial charge in [0.05, 0.1) is 6.61 Å². The van der Waals surface area contributed by atoms with Crippen LogP contribution in [0, 0.1) is 11.3 Å². The summed E-state index contributed by atoms with van der Waals surface area (Å²) >= 11 is 0. The number of hydrogen-bond acceptors (Lipinski definition) is 3. The Labute approximate surface area is 151 Å². The van der Waals surface area contributed by atoms with E-state index < -0.39 is 0 Å². The Kier molecular flexibility index (Phi) is 6.24. The third-order valence-electron chi connectivity index (χ3n) is 4.99. The third-order valence-corrected chi connectivity index (χ3v) is 4.99. The highest BCUT2D eigenvalue weighted by atomic mass is 16.5. The minimum atomic E-state index is 0.267. The summed E-state index contributed by atoms with van der Waals surface area (Å²) in [5, 5.41) is 7.84. The zero-order chi connectivity index (χ0) is 17.5. The molecule has 0 radical (unpaired) electrons. The minimum Gasteiger partial charge on any atom is -0.478 e. The van der Waals surface area contributed by atoms with Crippen LogP contribution in [-0.4, -0.2) is 30.5 Å². The molecular weight excluding hydrogens is 308 g/mol. The second-order valence-electron chi connectivity index (χ2n) is 6.87. The summed E-state index contributed by atoms with van der Waals surface area (Å²) in [7, 11) is 0. The van der Waals surface area contributed by atoms with Gasteiger partial charge in [0.1, 0.15) is 0 Å². The van der Waals surface area contributed by atoms with Crippen LogP contribution in [0.3, 0.4) is 0 Å². The van der Waals surface area contributed by atoms with Gasteiger partial charge in [-0.15, -0.1) is 0 Å². The topological polar surface area (TPSA) is 36.3 Å². The Morgan fingerprint density at radius 1 is 1.00 bits per heavy atom. The van der Waals surface area contributed by atoms with Crippen molar-refractivity contribution in [1.29, 1.82) is 5.41 Å². The maximum absolute atomic E-state index is 7.84. The Hall–Kier alpha value is -2.13. The van der Waals surface area contributed by atoms with Gasteiger partial charge in [0.15, 0.2) is 0 Å². The fraction of sp³-hybridized carbons (Fsp3) is 0.409. The molecule has 0 spiro atoms. The van der Waals surface area contributed by atoms with Crippen LogP contribution in [0.15, 0.2) is 54.6 Å². The Morgan fingerprint density at radius 2 is 1.68 bits per heavy atom. The van der Waals surface area contributed by atoms with Crippen LogP contribution in [-0.2, 0) is 17.7 Å². The molecule has 0 aromatic heterocycles. The molecule has 1 fully saturated rings. The average Bonchev–Trinajstić information content (AvgIpc) is 2.65. The predicted octanol–water partition coefficient (Wildman–Crippen LogP) is 4.50. The van der Waals surface area contributed by atoms with Crippen LogP contribution in [0.25, 0.3) is 0 Å². The van der Waals surface area contributed by atoms with Crippen molar-refractivity contribution in [3.05, 3.63) is 71.3 Å². The van der Waals surface area contributed by atoms with E-state index in [1.807, 2.05) is 19.1 Å². The van der Waals surface area contributed by atoms with Gasteiger partial charge in [-0.3, -0.25) is 10.3 Å². The van der Waals surface area contributed by atoms with Gasteiger partial charge < -0.3 is 4.74 Å². The molecule has 25 heavy (non-hydrogen) atoms. The molecule has 2 aromatic rings. The van der Waals surface area contributed by atoms with Crippen molar-refractivity contribution in [2.45, 2.75) is 32.7 Å². The largest absolute Gasteiger partial charge is 0.478 e. The normalized spacial score (nSPS) is 15.9. The summed E-state index contributed by atoms with van der Waals surface area (Å²) < 4.78 is 5.26. The standard InChI is InChI=1S/C22H28N2O/c1-2-25-22(23)21-10-8-18(9-11-21)16-19-12-14-24(15-13-19)17-20-6-4-3-5-7-20/h3-11,19,23H,2,12-17H2,1H3. The van der Waals surface area contributed by atoms with Crippen molar-refractivity contribution in [2.75, 3.05) is 19.7 Å². The van der Waals surface area contributed by atoms with Crippen LogP contribution in [0.1, 0.15) is 36.5 Å². The Morgan fingerprint density at radius 3 is 2.32 bits per heavy atom. The Balaban J connectivity index is 1.46. The molecule has 1 saturated heterocycles. The van der Waals surface area contributed by atoms with Crippen LogP contribution in [0.5, 0.6) is 0 Å². The first kappa shape index (κ1) is 17.7. The zero-order valence-corrected chi connectivity index (χ0v) is 15.1. The molecule has 0 atom stereocenters. The molecule has 0 saturated carbocycles. The minimum absolute atomic E-state index is 0.267. The van der Waals surface area contributed by atoms with E-state index in [1.54, 1.807) is 0 Å². The van der Waals surface area contributed by atoms with E-state index in [2.05, 4.69) is 47.4 Å². The SMILES string of the molecule is CCOC(=N)c1ccc(CC2CCN(Cc3ccccc3)CC2)cc1. The summed E-state index contributed by atoms with van der Waals surface area (Å²) in [5.41, 5.74) is 3.64. The van der Waals surface area contributed by atoms with Gasteiger partial charge in [0.2, 0.25) is 5.90 Å². The number of rotatable bonds is 6. The van der Waals surface area contributed by atoms with Gasteiger partial charge >= 0.3 is 0 Å². The highest BCUT2D eigenvalue weighted by Crippen LogP contribution is 2.23. The summed E-state index contributed by atoms with van der Waals surface area (Å²) in [4.78, 5) is 2.57. The molecule has 1 heterocycles. The van der Waals surface area contributed by atoms with Crippen molar-refractivity contribution in [3.8, 4) is 0 Å². The lowest BCUT2D eigenvalue weighted by molar-refractivity contribution is 0.177. The van der Waals surface area contributed by atoms with E-state index in [-0.39, 0.29) is 5.90 Å². The fourth-order valence-electron chi connectivity index (χ4n) is 3.54. The number of hydrogen-bond donors (Lipinski definition) is 1. The molecule has 1 aliphatic heterocycles. The van der Waals surface area contributed by atoms with Gasteiger partial charge in [-0.1, -0.05) is 42.5 Å². The van der Waals surface area contributed by atoms with Gasteiger partial charge in [-0.25, -0.2) is 0 Å². The maximum Gasteiger partial charge on any atom is 0.213 e. The summed E-state index contributed by atoms with van der Waals surface area (Å²) in [6, 6.07) is 19.1. The molecule has 3 heteroatoms. The van der Waals surface area contributed by atoms with Crippen molar-refractivity contribution in [1.82, 2.24) is 4.90 Å². The fourth-order valence-corrected chi connectivity index (χ4v) is 3.54. The van der Waals surface area contributed by atoms with Crippen LogP contribution < -0.4 is 0 Å². The van der Waals surface area contributed by atoms with E-state index in [0.717, 1.165) is 24.4 Å². The van der Waals surface area contributed by atoms with Gasteiger partial charge in [-0.05, 0) is 68.5 Å². The van der Waals surface area contributed by atoms with Crippen LogP contribution in [0.2, 0.25) is 0 Å². The van der Waals surface area contributed by atoms with E-state index in [4.69, 9.17) is 10.1 Å². The lowest BCUT2D eigenvalue weighted by Crippen LogP contribution is -2.33. The molecule has 0 aliphatic carbocycles. The van der Waals surface area contributed by atoms with E-state index in [1.165, 1.54) is 37.1 Å². The highest BCUT2D eigenvalue weighted by Gasteiger charge is 2.19. The molecule has 1 N–H and O–H groups in total. The molecule has 3 rings (SSSR count). The number of nitrogens with one attached hydrogen (secondary N) is 1. The molecule has 0 bridgehead atoms. The van der Waals surface area contributed by atoms with Crippen molar-refractivity contribution in [2.24, 2.45) is 5.92 Å². The van der Waals surface area contributed by atoms with E-state index in [9.17, 15) is 0 Å². The maximum atomic E-state index is 7.84. The molecule has 0 amide bonds. The monoisotopic (exact) mass is 336 g/mol. The molecule has 3 nitrogen and oxygen atoms in total. The third kappa shape index (κ3) is 5.17. The molecular formula is C22H28N2O. The van der Waals surface area contributed by atoms with Crippen molar-refractivity contribution < 1.29 is 4.74 Å². The average molecular weight is 336 g/mol. The smallest absolute Gasteiger partial charge is 0.213 e. The number of piperidine rings is 1. The molecule has 2 aromatic carbocycles. The second-order valence-corrected chi connectivity index (χ2v) is 6.87. The number of ether oxygens (including phenoxy) is 1. The zero-order valence-electron chi connectivity index (χ0n) is 15.1. The first-order chi connectivity index (χ1) is 12.2. The number of nitrogens with zero attached hydrogens (tertiary/aromatic N) is 1. The van der Waals surface area contributed by atoms with Gasteiger partial charge in [0.25, 0.3) is 0 Å². The van der Waals surface area contributed by atoms with Gasteiger partial charge in [0, 0.05) is 12.1 Å². The first-order valence-electron chi connectivity index (χ1n) is 9.31. The highest BCUT2D eigenvalue weighted by molar-refractivity contribution is 5.91. The van der Waals surface area contributed by atoms with E-state index in [0.29, 0.717) is 6.61 Å². The number of likely N-dealkylation sites (tertiary alicyclic amines) is 1. The molecule has 1 aliphatic rings. The quantitative estimate of drug-likeness (QED) is 0.623. The molecule has 0 unspecified atom stereocenters. The van der Waals surface area contributed by atoms with Crippen LogP contribution >= 0.6 is 0 Å². The lowest BCUT2D eigenvalue weighted by atomic mass is 9.89. The van der Waals surface area contributed by atoms with Gasteiger partial charge in [-0.2, -0.15) is 0 Å². The summed E-state index contributed by atoms with van der Waals surface area (Å²) in [6.45, 7) is 5.90. The lowest BCUT2D eigenvalue weighted by Gasteiger charge is -2.32. The number of benzene rings is 2. The van der Waals surface area contributed by atoms with E-state index >= 15 is 0 Å². The summed E-state index contributed by atoms with van der Waals surface area (Å²) in [6.07, 6.45) is 3.67.